The molecule has 2 aromatic rings. The fourth-order valence-electron chi connectivity index (χ4n) is 3.71. The molecule has 0 aromatic heterocycles. The summed E-state index contributed by atoms with van der Waals surface area (Å²) in [6.07, 6.45) is 0. The number of benzene rings is 2. The lowest BCUT2D eigenvalue weighted by Crippen LogP contribution is -2.50. The molecule has 3 rings (SSSR count). The first-order valence-electron chi connectivity index (χ1n) is 9.18. The van der Waals surface area contributed by atoms with Gasteiger partial charge < -0.3 is 0 Å². The molecule has 0 radical (unpaired) electrons. The van der Waals surface area contributed by atoms with Crippen molar-refractivity contribution in [3.63, 3.8) is 0 Å². The summed E-state index contributed by atoms with van der Waals surface area (Å²) < 4.78 is 54.7. The quantitative estimate of drug-likeness (QED) is 0.759. The Bertz CT molecular complexity index is 1060. The molecule has 6 nitrogen and oxygen atoms in total. The maximum Gasteiger partial charge on any atom is 0.243 e. The Balaban J connectivity index is 1.81. The van der Waals surface area contributed by atoms with Crippen LogP contribution < -0.4 is 0 Å². The second-order valence-corrected chi connectivity index (χ2v) is 11.2. The topological polar surface area (TPSA) is 74.8 Å². The van der Waals surface area contributed by atoms with E-state index in [1.54, 1.807) is 38.1 Å². The molecule has 1 aliphatic rings. The van der Waals surface area contributed by atoms with E-state index >= 15 is 0 Å². The fourth-order valence-corrected chi connectivity index (χ4v) is 6.97. The summed E-state index contributed by atoms with van der Waals surface area (Å²) in [6, 6.07) is 10.4. The smallest absolute Gasteiger partial charge is 0.207 e. The number of sulfonamides is 2. The Hall–Kier alpha value is -1.74. The molecule has 2 aromatic carbocycles. The van der Waals surface area contributed by atoms with Gasteiger partial charge >= 0.3 is 0 Å². The van der Waals surface area contributed by atoms with Crippen LogP contribution in [0.2, 0.25) is 0 Å². The molecule has 0 unspecified atom stereocenters. The van der Waals surface area contributed by atoms with E-state index in [0.29, 0.717) is 16.0 Å². The number of piperazine rings is 1. The van der Waals surface area contributed by atoms with Gasteiger partial charge in [-0.25, -0.2) is 16.8 Å². The Morgan fingerprint density at radius 1 is 0.643 bits per heavy atom. The van der Waals surface area contributed by atoms with Crippen LogP contribution in [0, 0.1) is 27.7 Å². The van der Waals surface area contributed by atoms with Gasteiger partial charge in [0.05, 0.1) is 9.79 Å². The molecule has 0 spiro atoms. The van der Waals surface area contributed by atoms with Crippen molar-refractivity contribution >= 4 is 20.0 Å². The average molecular weight is 423 g/mol. The summed E-state index contributed by atoms with van der Waals surface area (Å²) in [6.45, 7) is 7.98. The predicted molar refractivity (Wildman–Crippen MR) is 109 cm³/mol. The summed E-state index contributed by atoms with van der Waals surface area (Å²) in [5.74, 6) is 0. The van der Waals surface area contributed by atoms with E-state index in [-0.39, 0.29) is 31.1 Å². The highest BCUT2D eigenvalue weighted by Gasteiger charge is 2.35. The number of rotatable bonds is 4. The Morgan fingerprint density at radius 3 is 1.54 bits per heavy atom. The highest BCUT2D eigenvalue weighted by molar-refractivity contribution is 7.89. The molecule has 152 valence electrons. The fraction of sp³-hybridized carbons (Fsp3) is 0.400. The highest BCUT2D eigenvalue weighted by Crippen LogP contribution is 2.27. The van der Waals surface area contributed by atoms with Crippen molar-refractivity contribution in [2.75, 3.05) is 26.2 Å². The monoisotopic (exact) mass is 422 g/mol. The maximum absolute atomic E-state index is 13.2. The predicted octanol–water partition coefficient (Wildman–Crippen LogP) is 2.62. The average Bonchev–Trinajstić information content (AvgIpc) is 2.61. The molecular weight excluding hydrogens is 396 g/mol. The molecule has 0 atom stereocenters. The van der Waals surface area contributed by atoms with Crippen molar-refractivity contribution in [2.24, 2.45) is 0 Å². The molecule has 0 saturated carbocycles. The van der Waals surface area contributed by atoms with E-state index < -0.39 is 20.0 Å². The van der Waals surface area contributed by atoms with Gasteiger partial charge in [-0.1, -0.05) is 35.4 Å². The lowest BCUT2D eigenvalue weighted by atomic mass is 10.1. The summed E-state index contributed by atoms with van der Waals surface area (Å²) in [5.41, 5.74) is 3.43. The SMILES string of the molecule is Cc1ccc(S(=O)(=O)N2CCN(S(=O)(=O)c3c(C)cc(C)cc3C)CC2)cc1. The molecule has 8 heteroatoms. The van der Waals surface area contributed by atoms with E-state index in [0.717, 1.165) is 11.1 Å². The van der Waals surface area contributed by atoms with E-state index in [1.807, 2.05) is 26.0 Å². The Labute approximate surface area is 167 Å². The lowest BCUT2D eigenvalue weighted by Gasteiger charge is -2.33. The van der Waals surface area contributed by atoms with Gasteiger partial charge in [0.1, 0.15) is 0 Å². The third kappa shape index (κ3) is 3.87. The number of hydrogen-bond donors (Lipinski definition) is 0. The van der Waals surface area contributed by atoms with Gasteiger partial charge in [0.15, 0.2) is 0 Å². The second kappa shape index (κ2) is 7.59. The maximum atomic E-state index is 13.2. The van der Waals surface area contributed by atoms with Crippen molar-refractivity contribution in [3.05, 3.63) is 58.7 Å². The van der Waals surface area contributed by atoms with Gasteiger partial charge in [-0.05, 0) is 51.0 Å². The van der Waals surface area contributed by atoms with Crippen molar-refractivity contribution in [2.45, 2.75) is 37.5 Å². The first-order chi connectivity index (χ1) is 13.0. The third-order valence-corrected chi connectivity index (χ3v) is 9.18. The Kier molecular flexibility index (Phi) is 5.69. The minimum Gasteiger partial charge on any atom is -0.207 e. The second-order valence-electron chi connectivity index (χ2n) is 7.35. The number of hydrogen-bond acceptors (Lipinski definition) is 4. The molecule has 1 aliphatic heterocycles. The molecule has 0 amide bonds. The molecule has 0 aliphatic carbocycles. The van der Waals surface area contributed by atoms with Crippen LogP contribution in [0.15, 0.2) is 46.2 Å². The zero-order valence-corrected chi connectivity index (χ0v) is 18.3. The van der Waals surface area contributed by atoms with Crippen LogP contribution in [0.4, 0.5) is 0 Å². The zero-order chi connectivity index (χ0) is 20.7. The van der Waals surface area contributed by atoms with E-state index in [2.05, 4.69) is 0 Å². The van der Waals surface area contributed by atoms with E-state index in [4.69, 9.17) is 0 Å². The van der Waals surface area contributed by atoms with Crippen LogP contribution in [0.5, 0.6) is 0 Å². The van der Waals surface area contributed by atoms with E-state index in [1.165, 1.54) is 8.61 Å². The minimum absolute atomic E-state index is 0.138. The highest BCUT2D eigenvalue weighted by atomic mass is 32.2. The minimum atomic E-state index is -3.67. The van der Waals surface area contributed by atoms with Crippen LogP contribution in [-0.2, 0) is 20.0 Å². The van der Waals surface area contributed by atoms with Gasteiger partial charge in [0.25, 0.3) is 0 Å². The molecule has 1 heterocycles. The van der Waals surface area contributed by atoms with Crippen molar-refractivity contribution in [1.82, 2.24) is 8.61 Å². The summed E-state index contributed by atoms with van der Waals surface area (Å²) in [4.78, 5) is 0.563. The first-order valence-corrected chi connectivity index (χ1v) is 12.1. The summed E-state index contributed by atoms with van der Waals surface area (Å²) >= 11 is 0. The number of aryl methyl sites for hydroxylation is 4. The van der Waals surface area contributed by atoms with Gasteiger partial charge in [0.2, 0.25) is 20.0 Å². The Morgan fingerprint density at radius 2 is 1.07 bits per heavy atom. The standard InChI is InChI=1S/C20H26N2O4S2/c1-15-5-7-19(8-6-15)27(23,24)21-9-11-22(12-10-21)28(25,26)20-17(3)13-16(2)14-18(20)4/h5-8,13-14H,9-12H2,1-4H3. The number of nitrogens with zero attached hydrogens (tertiary/aromatic N) is 2. The summed E-state index contributed by atoms with van der Waals surface area (Å²) in [7, 11) is -7.29. The molecular formula is C20H26N2O4S2. The van der Waals surface area contributed by atoms with Gasteiger partial charge in [-0.15, -0.1) is 0 Å². The molecule has 0 N–H and O–H groups in total. The van der Waals surface area contributed by atoms with Gasteiger partial charge in [-0.2, -0.15) is 8.61 Å². The first kappa shape index (κ1) is 21.0. The largest absolute Gasteiger partial charge is 0.243 e. The molecule has 1 fully saturated rings. The van der Waals surface area contributed by atoms with Crippen LogP contribution in [0.25, 0.3) is 0 Å². The zero-order valence-electron chi connectivity index (χ0n) is 16.6. The third-order valence-electron chi connectivity index (χ3n) is 5.06. The summed E-state index contributed by atoms with van der Waals surface area (Å²) in [5, 5.41) is 0. The van der Waals surface area contributed by atoms with Crippen LogP contribution in [-0.4, -0.2) is 51.6 Å². The van der Waals surface area contributed by atoms with Crippen molar-refractivity contribution in [1.29, 1.82) is 0 Å². The molecule has 1 saturated heterocycles. The van der Waals surface area contributed by atoms with E-state index in [9.17, 15) is 16.8 Å². The normalized spacial score (nSPS) is 17.0. The van der Waals surface area contributed by atoms with Gasteiger partial charge in [0, 0.05) is 26.2 Å². The van der Waals surface area contributed by atoms with Crippen LogP contribution in [0.3, 0.4) is 0 Å². The van der Waals surface area contributed by atoms with Crippen LogP contribution >= 0.6 is 0 Å². The van der Waals surface area contributed by atoms with Crippen LogP contribution in [0.1, 0.15) is 22.3 Å². The van der Waals surface area contributed by atoms with Crippen molar-refractivity contribution in [3.8, 4) is 0 Å². The van der Waals surface area contributed by atoms with Crippen molar-refractivity contribution < 1.29 is 16.8 Å². The molecule has 0 bridgehead atoms. The lowest BCUT2D eigenvalue weighted by molar-refractivity contribution is 0.272. The van der Waals surface area contributed by atoms with Gasteiger partial charge in [-0.3, -0.25) is 0 Å². The molecule has 28 heavy (non-hydrogen) atoms.